The van der Waals surface area contributed by atoms with Crippen molar-refractivity contribution in [3.8, 4) is 0 Å². The maximum Gasteiger partial charge on any atom is 0.340 e. The van der Waals surface area contributed by atoms with Gasteiger partial charge < -0.3 is 21.1 Å². The second-order valence-electron chi connectivity index (χ2n) is 4.49. The molecule has 0 atom stereocenters. The zero-order chi connectivity index (χ0) is 13.8. The van der Waals surface area contributed by atoms with E-state index in [2.05, 4.69) is 15.4 Å². The van der Waals surface area contributed by atoms with Crippen LogP contribution in [0.25, 0.3) is 0 Å². The molecule has 0 heterocycles. The summed E-state index contributed by atoms with van der Waals surface area (Å²) in [7, 11) is 1.30. The molecule has 102 valence electrons. The summed E-state index contributed by atoms with van der Waals surface area (Å²) in [6, 6.07) is 5.16. The molecule has 19 heavy (non-hydrogen) atoms. The smallest absolute Gasteiger partial charge is 0.340 e. The van der Waals surface area contributed by atoms with Gasteiger partial charge >= 0.3 is 5.97 Å². The van der Waals surface area contributed by atoms with Crippen LogP contribution in [0.3, 0.4) is 0 Å². The average Bonchev–Trinajstić information content (AvgIpc) is 3.20. The number of carbonyl (C=O) groups excluding carboxylic acids is 2. The van der Waals surface area contributed by atoms with Crippen LogP contribution in [0.5, 0.6) is 0 Å². The third-order valence-corrected chi connectivity index (χ3v) is 2.83. The number of carbonyl (C=O) groups is 2. The number of nitrogens with two attached hydrogens (primary N) is 1. The predicted molar refractivity (Wildman–Crippen MR) is 71.8 cm³/mol. The Morgan fingerprint density at radius 2 is 2.16 bits per heavy atom. The third kappa shape index (κ3) is 3.61. The summed E-state index contributed by atoms with van der Waals surface area (Å²) in [6.07, 6.45) is 2.09. The molecule has 1 aromatic carbocycles. The lowest BCUT2D eigenvalue weighted by atomic mass is 10.1. The second-order valence-corrected chi connectivity index (χ2v) is 4.49. The lowest BCUT2D eigenvalue weighted by Crippen LogP contribution is -2.31. The van der Waals surface area contributed by atoms with Crippen LogP contribution in [0.4, 0.5) is 11.4 Å². The van der Waals surface area contributed by atoms with Gasteiger partial charge in [0.25, 0.3) is 0 Å². The van der Waals surface area contributed by atoms with E-state index >= 15 is 0 Å². The van der Waals surface area contributed by atoms with E-state index in [9.17, 15) is 9.59 Å². The zero-order valence-corrected chi connectivity index (χ0v) is 10.7. The Hall–Kier alpha value is -2.24. The zero-order valence-electron chi connectivity index (χ0n) is 10.7. The molecule has 1 fully saturated rings. The van der Waals surface area contributed by atoms with E-state index in [-0.39, 0.29) is 12.5 Å². The topological polar surface area (TPSA) is 93.4 Å². The molecule has 1 aromatic rings. The number of benzene rings is 1. The van der Waals surface area contributed by atoms with Crippen LogP contribution >= 0.6 is 0 Å². The fraction of sp³-hybridized carbons (Fsp3) is 0.385. The van der Waals surface area contributed by atoms with E-state index in [0.717, 1.165) is 12.8 Å². The van der Waals surface area contributed by atoms with Gasteiger partial charge in [0.2, 0.25) is 5.91 Å². The molecule has 0 spiro atoms. The minimum atomic E-state index is -0.489. The van der Waals surface area contributed by atoms with Crippen molar-refractivity contribution >= 4 is 23.3 Å². The standard InChI is InChI=1S/C13H17N3O3/c1-19-13(18)10-6-8(14)2-5-11(10)15-7-12(17)16-9-3-4-9/h2,5-6,9,15H,3-4,7,14H2,1H3,(H,16,17). The SMILES string of the molecule is COC(=O)c1cc(N)ccc1NCC(=O)NC1CC1. The third-order valence-electron chi connectivity index (χ3n) is 2.83. The molecular formula is C13H17N3O3. The van der Waals surface area contributed by atoms with Gasteiger partial charge in [-0.15, -0.1) is 0 Å². The number of rotatable bonds is 5. The first-order valence-corrected chi connectivity index (χ1v) is 6.11. The Bertz CT molecular complexity index is 498. The maximum absolute atomic E-state index is 11.6. The van der Waals surface area contributed by atoms with Gasteiger partial charge in [-0.05, 0) is 31.0 Å². The van der Waals surface area contributed by atoms with Crippen molar-refractivity contribution < 1.29 is 14.3 Å². The van der Waals surface area contributed by atoms with E-state index in [1.807, 2.05) is 0 Å². The molecule has 6 nitrogen and oxygen atoms in total. The fourth-order valence-corrected chi connectivity index (χ4v) is 1.68. The molecule has 1 amide bonds. The highest BCUT2D eigenvalue weighted by Crippen LogP contribution is 2.20. The van der Waals surface area contributed by atoms with Crippen molar-refractivity contribution in [2.24, 2.45) is 0 Å². The van der Waals surface area contributed by atoms with Gasteiger partial charge in [0, 0.05) is 17.4 Å². The Morgan fingerprint density at radius 3 is 2.79 bits per heavy atom. The minimum Gasteiger partial charge on any atom is -0.465 e. The number of nitrogens with one attached hydrogen (secondary N) is 2. The van der Waals surface area contributed by atoms with E-state index < -0.39 is 5.97 Å². The largest absolute Gasteiger partial charge is 0.465 e. The maximum atomic E-state index is 11.6. The van der Waals surface area contributed by atoms with Gasteiger partial charge in [0.15, 0.2) is 0 Å². The first-order valence-electron chi connectivity index (χ1n) is 6.11. The van der Waals surface area contributed by atoms with Crippen LogP contribution in [0.2, 0.25) is 0 Å². The molecule has 6 heteroatoms. The number of hydrogen-bond acceptors (Lipinski definition) is 5. The van der Waals surface area contributed by atoms with Crippen molar-refractivity contribution in [1.82, 2.24) is 5.32 Å². The van der Waals surface area contributed by atoms with Gasteiger partial charge in [-0.25, -0.2) is 4.79 Å². The molecule has 1 aliphatic carbocycles. The van der Waals surface area contributed by atoms with Crippen LogP contribution in [0.1, 0.15) is 23.2 Å². The normalized spacial score (nSPS) is 13.7. The highest BCUT2D eigenvalue weighted by Gasteiger charge is 2.23. The van der Waals surface area contributed by atoms with Crippen LogP contribution in [0.15, 0.2) is 18.2 Å². The number of nitrogen functional groups attached to an aromatic ring is 1. The summed E-state index contributed by atoms with van der Waals surface area (Å²) in [5, 5.41) is 5.78. The molecule has 0 saturated heterocycles. The van der Waals surface area contributed by atoms with Crippen molar-refractivity contribution in [3.63, 3.8) is 0 Å². The minimum absolute atomic E-state index is 0.0878. The summed E-state index contributed by atoms with van der Waals surface area (Å²) < 4.78 is 4.68. The molecule has 1 aliphatic rings. The van der Waals surface area contributed by atoms with Crippen LogP contribution in [-0.4, -0.2) is 31.6 Å². The van der Waals surface area contributed by atoms with Gasteiger partial charge in [-0.1, -0.05) is 0 Å². The number of hydrogen-bond donors (Lipinski definition) is 3. The van der Waals surface area contributed by atoms with Crippen LogP contribution in [-0.2, 0) is 9.53 Å². The number of esters is 1. The first-order chi connectivity index (χ1) is 9.10. The number of methoxy groups -OCH3 is 1. The predicted octanol–water partition coefficient (Wildman–Crippen LogP) is 0.746. The Balaban J connectivity index is 2.01. The lowest BCUT2D eigenvalue weighted by molar-refractivity contribution is -0.119. The summed E-state index contributed by atoms with van der Waals surface area (Å²) in [6.45, 7) is 0.115. The number of amides is 1. The Morgan fingerprint density at radius 1 is 1.42 bits per heavy atom. The molecule has 0 unspecified atom stereocenters. The van der Waals surface area contributed by atoms with E-state index in [4.69, 9.17) is 5.73 Å². The molecule has 0 aliphatic heterocycles. The van der Waals surface area contributed by atoms with Crippen molar-refractivity contribution in [1.29, 1.82) is 0 Å². The van der Waals surface area contributed by atoms with Crippen molar-refractivity contribution in [2.45, 2.75) is 18.9 Å². The fourth-order valence-electron chi connectivity index (χ4n) is 1.68. The number of anilines is 2. The molecule has 0 aromatic heterocycles. The second kappa shape index (κ2) is 5.60. The molecule has 0 bridgehead atoms. The average molecular weight is 263 g/mol. The first kappa shape index (κ1) is 13.2. The lowest BCUT2D eigenvalue weighted by Gasteiger charge is -2.11. The summed E-state index contributed by atoms with van der Waals surface area (Å²) in [4.78, 5) is 23.2. The van der Waals surface area contributed by atoms with Crippen LogP contribution < -0.4 is 16.4 Å². The summed E-state index contributed by atoms with van der Waals surface area (Å²) >= 11 is 0. The van der Waals surface area contributed by atoms with Crippen molar-refractivity contribution in [2.75, 3.05) is 24.7 Å². The number of ether oxygens (including phenoxy) is 1. The molecule has 2 rings (SSSR count). The van der Waals surface area contributed by atoms with E-state index in [0.29, 0.717) is 23.0 Å². The quantitative estimate of drug-likeness (QED) is 0.538. The molecular weight excluding hydrogens is 246 g/mol. The van der Waals surface area contributed by atoms with Crippen LogP contribution in [0, 0.1) is 0 Å². The monoisotopic (exact) mass is 263 g/mol. The van der Waals surface area contributed by atoms with E-state index in [1.54, 1.807) is 12.1 Å². The van der Waals surface area contributed by atoms with Crippen molar-refractivity contribution in [3.05, 3.63) is 23.8 Å². The highest BCUT2D eigenvalue weighted by atomic mass is 16.5. The van der Waals surface area contributed by atoms with Gasteiger partial charge in [-0.3, -0.25) is 4.79 Å². The molecule has 4 N–H and O–H groups in total. The van der Waals surface area contributed by atoms with Gasteiger partial charge in [0.1, 0.15) is 0 Å². The van der Waals surface area contributed by atoms with Gasteiger partial charge in [-0.2, -0.15) is 0 Å². The summed E-state index contributed by atoms with van der Waals surface area (Å²) in [5.74, 6) is -0.576. The highest BCUT2D eigenvalue weighted by molar-refractivity contribution is 5.97. The Kier molecular flexibility index (Phi) is 3.89. The summed E-state index contributed by atoms with van der Waals surface area (Å²) in [5.41, 5.74) is 6.96. The molecule has 1 saturated carbocycles. The Labute approximate surface area is 111 Å². The van der Waals surface area contributed by atoms with Gasteiger partial charge in [0.05, 0.1) is 19.2 Å². The van der Waals surface area contributed by atoms with E-state index in [1.165, 1.54) is 13.2 Å². The molecule has 0 radical (unpaired) electrons.